The van der Waals surface area contributed by atoms with Gasteiger partial charge in [-0.2, -0.15) is 0 Å². The molecule has 0 aliphatic carbocycles. The van der Waals surface area contributed by atoms with Gasteiger partial charge in [-0.25, -0.2) is 17.2 Å². The van der Waals surface area contributed by atoms with Crippen molar-refractivity contribution >= 4 is 43.2 Å². The molecule has 0 bridgehead atoms. The predicted molar refractivity (Wildman–Crippen MR) is 81.8 cm³/mol. The summed E-state index contributed by atoms with van der Waals surface area (Å²) >= 11 is 8.49. The second-order valence-corrected chi connectivity index (χ2v) is 7.16. The molecule has 0 aliphatic rings. The first kappa shape index (κ1) is 16.2. The molecular formula is C13H9BrClF2NO2S. The molecule has 0 aliphatic heterocycles. The molecule has 2 aromatic rings. The first-order valence-electron chi connectivity index (χ1n) is 5.67. The third-order valence-corrected chi connectivity index (χ3v) is 4.76. The zero-order valence-corrected chi connectivity index (χ0v) is 13.6. The predicted octanol–water partition coefficient (Wildman–Crippen LogP) is 4.32. The van der Waals surface area contributed by atoms with Gasteiger partial charge in [-0.05, 0) is 40.2 Å². The number of benzene rings is 2. The summed E-state index contributed by atoms with van der Waals surface area (Å²) in [5.74, 6) is -2.35. The summed E-state index contributed by atoms with van der Waals surface area (Å²) in [6.07, 6.45) is 0. The minimum atomic E-state index is -3.85. The molecule has 0 unspecified atom stereocenters. The fraction of sp³-hybridized carbons (Fsp3) is 0.0769. The van der Waals surface area contributed by atoms with Crippen LogP contribution in [0.2, 0.25) is 5.02 Å². The normalized spacial score (nSPS) is 11.4. The maximum Gasteiger partial charge on any atom is 0.237 e. The van der Waals surface area contributed by atoms with Crippen molar-refractivity contribution in [2.24, 2.45) is 0 Å². The molecule has 3 nitrogen and oxygen atoms in total. The van der Waals surface area contributed by atoms with Crippen LogP contribution in [-0.2, 0) is 15.8 Å². The van der Waals surface area contributed by atoms with E-state index >= 15 is 0 Å². The van der Waals surface area contributed by atoms with Gasteiger partial charge >= 0.3 is 0 Å². The number of hydrogen-bond donors (Lipinski definition) is 1. The second kappa shape index (κ2) is 6.29. The third-order valence-electron chi connectivity index (χ3n) is 2.56. The van der Waals surface area contributed by atoms with Gasteiger partial charge in [-0.3, -0.25) is 4.72 Å². The number of hydrogen-bond acceptors (Lipinski definition) is 2. The summed E-state index contributed by atoms with van der Waals surface area (Å²) in [5.41, 5.74) is 0.127. The minimum absolute atomic E-state index is 0.141. The molecule has 21 heavy (non-hydrogen) atoms. The van der Waals surface area contributed by atoms with Crippen LogP contribution in [0.4, 0.5) is 14.5 Å². The molecule has 0 saturated carbocycles. The molecule has 0 amide bonds. The molecule has 112 valence electrons. The lowest BCUT2D eigenvalue weighted by atomic mass is 10.2. The summed E-state index contributed by atoms with van der Waals surface area (Å²) in [6.45, 7) is 0. The Hall–Kier alpha value is -1.18. The van der Waals surface area contributed by atoms with Crippen LogP contribution in [0.1, 0.15) is 5.56 Å². The van der Waals surface area contributed by atoms with Crippen LogP contribution in [0.15, 0.2) is 40.9 Å². The lowest BCUT2D eigenvalue weighted by Crippen LogP contribution is -2.16. The summed E-state index contributed by atoms with van der Waals surface area (Å²) in [4.78, 5) is 0. The van der Waals surface area contributed by atoms with Crippen molar-refractivity contribution in [3.63, 3.8) is 0 Å². The van der Waals surface area contributed by atoms with E-state index in [1.165, 1.54) is 12.1 Å². The maximum atomic E-state index is 13.8. The summed E-state index contributed by atoms with van der Waals surface area (Å²) < 4.78 is 52.8. The molecular weight excluding hydrogens is 388 g/mol. The highest BCUT2D eigenvalue weighted by Crippen LogP contribution is 2.24. The van der Waals surface area contributed by atoms with Gasteiger partial charge in [0.15, 0.2) is 0 Å². The van der Waals surface area contributed by atoms with Crippen LogP contribution in [0.25, 0.3) is 0 Å². The fourth-order valence-electron chi connectivity index (χ4n) is 1.65. The molecule has 0 aromatic heterocycles. The molecule has 1 N–H and O–H groups in total. The van der Waals surface area contributed by atoms with E-state index in [4.69, 9.17) is 11.6 Å². The quantitative estimate of drug-likeness (QED) is 0.782. The summed E-state index contributed by atoms with van der Waals surface area (Å²) in [5, 5.41) is 0.367. The highest BCUT2D eigenvalue weighted by atomic mass is 79.9. The van der Waals surface area contributed by atoms with Crippen LogP contribution in [0.5, 0.6) is 0 Å². The van der Waals surface area contributed by atoms with E-state index in [0.29, 0.717) is 5.02 Å². The SMILES string of the molecule is O=S(=O)(Cc1ccc(F)c(Br)c1F)Nc1cccc(Cl)c1. The second-order valence-electron chi connectivity index (χ2n) is 4.21. The largest absolute Gasteiger partial charge is 0.283 e. The van der Waals surface area contributed by atoms with Gasteiger partial charge in [-0.15, -0.1) is 0 Å². The lowest BCUT2D eigenvalue weighted by Gasteiger charge is -2.10. The standard InChI is InChI=1S/C13H9BrClF2NO2S/c14-12-11(16)5-4-8(13(12)17)7-21(19,20)18-10-3-1-2-9(15)6-10/h1-6,18H,7H2. The van der Waals surface area contributed by atoms with Crippen molar-refractivity contribution in [1.29, 1.82) is 0 Å². The average Bonchev–Trinajstić information content (AvgIpc) is 2.39. The summed E-state index contributed by atoms with van der Waals surface area (Å²) in [6, 6.07) is 8.20. The first-order chi connectivity index (χ1) is 9.78. The van der Waals surface area contributed by atoms with Crippen LogP contribution < -0.4 is 4.72 Å². The molecule has 0 radical (unpaired) electrons. The van der Waals surface area contributed by atoms with E-state index in [0.717, 1.165) is 12.1 Å². The molecule has 8 heteroatoms. The van der Waals surface area contributed by atoms with Crippen molar-refractivity contribution in [3.05, 3.63) is 63.1 Å². The molecule has 0 spiro atoms. The molecule has 2 rings (SSSR count). The number of nitrogens with one attached hydrogen (secondary N) is 1. The van der Waals surface area contributed by atoms with Gasteiger partial charge in [0.25, 0.3) is 0 Å². The van der Waals surface area contributed by atoms with Gasteiger partial charge in [0.05, 0.1) is 10.2 Å². The minimum Gasteiger partial charge on any atom is -0.283 e. The average molecular weight is 397 g/mol. The molecule has 0 heterocycles. The van der Waals surface area contributed by atoms with E-state index in [1.54, 1.807) is 12.1 Å². The van der Waals surface area contributed by atoms with Gasteiger partial charge in [0.2, 0.25) is 10.0 Å². The Balaban J connectivity index is 2.24. The zero-order valence-electron chi connectivity index (χ0n) is 10.4. The van der Waals surface area contributed by atoms with Crippen molar-refractivity contribution in [2.45, 2.75) is 5.75 Å². The lowest BCUT2D eigenvalue weighted by molar-refractivity contribution is 0.561. The molecule has 0 fully saturated rings. The molecule has 0 saturated heterocycles. The number of rotatable bonds is 4. The summed E-state index contributed by atoms with van der Waals surface area (Å²) in [7, 11) is -3.85. The number of sulfonamides is 1. The van der Waals surface area contributed by atoms with Crippen LogP contribution in [0.3, 0.4) is 0 Å². The topological polar surface area (TPSA) is 46.2 Å². The highest BCUT2D eigenvalue weighted by Gasteiger charge is 2.18. The highest BCUT2D eigenvalue weighted by molar-refractivity contribution is 9.10. The number of anilines is 1. The van der Waals surface area contributed by atoms with Crippen molar-refractivity contribution in [1.82, 2.24) is 0 Å². The van der Waals surface area contributed by atoms with E-state index < -0.39 is 31.9 Å². The van der Waals surface area contributed by atoms with E-state index in [2.05, 4.69) is 20.7 Å². The Morgan fingerprint density at radius 2 is 1.90 bits per heavy atom. The van der Waals surface area contributed by atoms with Crippen LogP contribution >= 0.6 is 27.5 Å². The van der Waals surface area contributed by atoms with Gasteiger partial charge in [0, 0.05) is 16.3 Å². The number of halogens is 4. The van der Waals surface area contributed by atoms with E-state index in [-0.39, 0.29) is 11.3 Å². The van der Waals surface area contributed by atoms with E-state index in [9.17, 15) is 17.2 Å². The van der Waals surface area contributed by atoms with Crippen LogP contribution in [0, 0.1) is 11.6 Å². The third kappa shape index (κ3) is 4.15. The Morgan fingerprint density at radius 1 is 1.19 bits per heavy atom. The smallest absolute Gasteiger partial charge is 0.237 e. The van der Waals surface area contributed by atoms with Gasteiger partial charge in [-0.1, -0.05) is 23.7 Å². The fourth-order valence-corrected chi connectivity index (χ4v) is 3.42. The van der Waals surface area contributed by atoms with Gasteiger partial charge in [0.1, 0.15) is 11.6 Å². The van der Waals surface area contributed by atoms with E-state index in [1.807, 2.05) is 0 Å². The zero-order chi connectivity index (χ0) is 15.6. The van der Waals surface area contributed by atoms with Gasteiger partial charge < -0.3 is 0 Å². The maximum absolute atomic E-state index is 13.8. The van der Waals surface area contributed by atoms with Crippen molar-refractivity contribution < 1.29 is 17.2 Å². The van der Waals surface area contributed by atoms with Crippen molar-refractivity contribution in [3.8, 4) is 0 Å². The molecule has 0 atom stereocenters. The monoisotopic (exact) mass is 395 g/mol. The molecule has 2 aromatic carbocycles. The van der Waals surface area contributed by atoms with Crippen LogP contribution in [-0.4, -0.2) is 8.42 Å². The van der Waals surface area contributed by atoms with Crippen molar-refractivity contribution in [2.75, 3.05) is 4.72 Å². The Bertz CT molecular complexity index is 784. The Morgan fingerprint density at radius 3 is 2.57 bits per heavy atom. The Kier molecular flexibility index (Phi) is 4.85. The Labute approximate surface area is 134 Å². The first-order valence-corrected chi connectivity index (χ1v) is 8.49.